The van der Waals surface area contributed by atoms with Gasteiger partial charge in [0.1, 0.15) is 11.6 Å². The Morgan fingerprint density at radius 3 is 2.69 bits per heavy atom. The van der Waals surface area contributed by atoms with Gasteiger partial charge in [0.2, 0.25) is 5.89 Å². The maximum Gasteiger partial charge on any atom is 0.265 e. The van der Waals surface area contributed by atoms with Gasteiger partial charge in [-0.2, -0.15) is 15.3 Å². The molecular weight excluding hydrogens is 330 g/mol. The van der Waals surface area contributed by atoms with Gasteiger partial charge in [-0.25, -0.2) is 0 Å². The van der Waals surface area contributed by atoms with E-state index in [0.29, 0.717) is 29.8 Å². The number of hydrogen-bond acceptors (Lipinski definition) is 8. The molecule has 1 fully saturated rings. The van der Waals surface area contributed by atoms with Crippen molar-refractivity contribution >= 4 is 11.8 Å². The first-order valence-electron chi connectivity index (χ1n) is 9.13. The number of rotatable bonds is 5. The Morgan fingerprint density at radius 1 is 1.27 bits per heavy atom. The maximum absolute atomic E-state index is 9.74. The lowest BCUT2D eigenvalue weighted by molar-refractivity contribution is 0.332. The molecule has 2 aromatic rings. The number of piperidine rings is 1. The molecule has 1 unspecified atom stereocenters. The number of anilines is 2. The van der Waals surface area contributed by atoms with Crippen molar-refractivity contribution in [2.24, 2.45) is 0 Å². The van der Waals surface area contributed by atoms with Gasteiger partial charge in [-0.1, -0.05) is 13.8 Å². The second-order valence-electron chi connectivity index (χ2n) is 6.75. The van der Waals surface area contributed by atoms with E-state index in [9.17, 15) is 5.26 Å². The second-order valence-corrected chi connectivity index (χ2v) is 6.75. The summed E-state index contributed by atoms with van der Waals surface area (Å²) in [5, 5.41) is 22.5. The highest BCUT2D eigenvalue weighted by molar-refractivity contribution is 5.58. The summed E-state index contributed by atoms with van der Waals surface area (Å²) < 4.78 is 5.46. The van der Waals surface area contributed by atoms with Crippen molar-refractivity contribution in [3.8, 4) is 6.07 Å². The van der Waals surface area contributed by atoms with Crippen molar-refractivity contribution in [1.82, 2.24) is 20.3 Å². The van der Waals surface area contributed by atoms with E-state index in [-0.39, 0.29) is 5.92 Å². The maximum atomic E-state index is 9.74. The van der Waals surface area contributed by atoms with Crippen LogP contribution in [0.1, 0.15) is 55.3 Å². The van der Waals surface area contributed by atoms with Crippen LogP contribution in [0, 0.1) is 11.3 Å². The van der Waals surface area contributed by atoms with E-state index in [1.165, 1.54) is 0 Å². The molecule has 0 saturated carbocycles. The SMILES string of the molecule is CCc1nnc(N2CCCC(c3nc(N(C)C)no3)C2)c(C#N)c1CC. The molecule has 138 valence electrons. The second kappa shape index (κ2) is 7.68. The lowest BCUT2D eigenvalue weighted by atomic mass is 9.96. The lowest BCUT2D eigenvalue weighted by Crippen LogP contribution is -2.36. The quantitative estimate of drug-likeness (QED) is 0.806. The lowest BCUT2D eigenvalue weighted by Gasteiger charge is -2.32. The fraction of sp³-hybridized carbons (Fsp3) is 0.611. The molecule has 1 saturated heterocycles. The summed E-state index contributed by atoms with van der Waals surface area (Å²) in [5.74, 6) is 2.04. The fourth-order valence-corrected chi connectivity index (χ4v) is 3.45. The van der Waals surface area contributed by atoms with Gasteiger partial charge in [0.15, 0.2) is 5.82 Å². The van der Waals surface area contributed by atoms with Crippen LogP contribution in [0.5, 0.6) is 0 Å². The zero-order valence-corrected chi connectivity index (χ0v) is 15.9. The third-order valence-corrected chi connectivity index (χ3v) is 4.84. The molecule has 3 heterocycles. The van der Waals surface area contributed by atoms with Crippen LogP contribution in [0.4, 0.5) is 11.8 Å². The predicted molar refractivity (Wildman–Crippen MR) is 98.3 cm³/mol. The third kappa shape index (κ3) is 3.34. The summed E-state index contributed by atoms with van der Waals surface area (Å²) in [4.78, 5) is 8.45. The summed E-state index contributed by atoms with van der Waals surface area (Å²) in [6.07, 6.45) is 3.52. The van der Waals surface area contributed by atoms with Crippen molar-refractivity contribution < 1.29 is 4.52 Å². The third-order valence-electron chi connectivity index (χ3n) is 4.84. The number of aryl methyl sites for hydroxylation is 1. The topological polar surface area (TPSA) is 95.0 Å². The standard InChI is InChI=1S/C18H25N7O/c1-5-13-14(10-19)16(22-21-15(13)6-2)25-9-7-8-12(11-25)17-20-18(23-26-17)24(3)4/h12H,5-9,11H2,1-4H3. The first kappa shape index (κ1) is 18.1. The Labute approximate surface area is 153 Å². The van der Waals surface area contributed by atoms with Gasteiger partial charge < -0.3 is 14.3 Å². The van der Waals surface area contributed by atoms with E-state index in [2.05, 4.69) is 38.2 Å². The molecule has 1 aliphatic rings. The van der Waals surface area contributed by atoms with E-state index in [1.54, 1.807) is 0 Å². The normalized spacial score (nSPS) is 17.2. The van der Waals surface area contributed by atoms with Gasteiger partial charge in [-0.15, -0.1) is 5.10 Å². The van der Waals surface area contributed by atoms with Gasteiger partial charge in [-0.05, 0) is 36.4 Å². The highest BCUT2D eigenvalue weighted by atomic mass is 16.5. The highest BCUT2D eigenvalue weighted by Crippen LogP contribution is 2.31. The monoisotopic (exact) mass is 355 g/mol. The Hall–Kier alpha value is -2.69. The summed E-state index contributed by atoms with van der Waals surface area (Å²) in [7, 11) is 3.77. The van der Waals surface area contributed by atoms with Crippen LogP contribution >= 0.6 is 0 Å². The zero-order chi connectivity index (χ0) is 18.7. The van der Waals surface area contributed by atoms with Gasteiger partial charge >= 0.3 is 0 Å². The van der Waals surface area contributed by atoms with Crippen molar-refractivity contribution in [2.45, 2.75) is 45.4 Å². The Balaban J connectivity index is 1.89. The minimum absolute atomic E-state index is 0.134. The van der Waals surface area contributed by atoms with Crippen LogP contribution in [-0.4, -0.2) is 47.5 Å². The van der Waals surface area contributed by atoms with Gasteiger partial charge in [0.05, 0.1) is 11.6 Å². The van der Waals surface area contributed by atoms with Crippen LogP contribution in [-0.2, 0) is 12.8 Å². The molecule has 0 amide bonds. The fourth-order valence-electron chi connectivity index (χ4n) is 3.45. The van der Waals surface area contributed by atoms with Crippen molar-refractivity contribution in [3.05, 3.63) is 22.7 Å². The number of nitriles is 1. The van der Waals surface area contributed by atoms with Crippen LogP contribution < -0.4 is 9.80 Å². The van der Waals surface area contributed by atoms with Crippen LogP contribution in [0.2, 0.25) is 0 Å². The van der Waals surface area contributed by atoms with Crippen molar-refractivity contribution in [1.29, 1.82) is 5.26 Å². The molecule has 0 aliphatic carbocycles. The minimum Gasteiger partial charge on any atom is -0.353 e. The average molecular weight is 355 g/mol. The van der Waals surface area contributed by atoms with Gasteiger partial charge in [-0.3, -0.25) is 0 Å². The molecule has 0 radical (unpaired) electrons. The van der Waals surface area contributed by atoms with E-state index in [4.69, 9.17) is 4.52 Å². The molecule has 3 rings (SSSR count). The summed E-state index contributed by atoms with van der Waals surface area (Å²) >= 11 is 0. The molecule has 1 atom stereocenters. The predicted octanol–water partition coefficient (Wildman–Crippen LogP) is 2.31. The minimum atomic E-state index is 0.134. The smallest absolute Gasteiger partial charge is 0.265 e. The molecule has 0 spiro atoms. The Morgan fingerprint density at radius 2 is 2.08 bits per heavy atom. The van der Waals surface area contributed by atoms with Gasteiger partial charge in [0, 0.05) is 27.2 Å². The molecule has 0 aromatic carbocycles. The Kier molecular flexibility index (Phi) is 5.35. The number of hydrogen-bond donors (Lipinski definition) is 0. The highest BCUT2D eigenvalue weighted by Gasteiger charge is 2.29. The molecule has 0 N–H and O–H groups in total. The molecule has 8 nitrogen and oxygen atoms in total. The van der Waals surface area contributed by atoms with Crippen molar-refractivity contribution in [2.75, 3.05) is 37.0 Å². The van der Waals surface area contributed by atoms with E-state index in [1.807, 2.05) is 25.9 Å². The van der Waals surface area contributed by atoms with Crippen LogP contribution in [0.25, 0.3) is 0 Å². The largest absolute Gasteiger partial charge is 0.353 e. The number of aromatic nitrogens is 4. The van der Waals surface area contributed by atoms with E-state index < -0.39 is 0 Å². The van der Waals surface area contributed by atoms with Crippen LogP contribution in [0.15, 0.2) is 4.52 Å². The van der Waals surface area contributed by atoms with Crippen LogP contribution in [0.3, 0.4) is 0 Å². The van der Waals surface area contributed by atoms with E-state index >= 15 is 0 Å². The average Bonchev–Trinajstić information content (AvgIpc) is 3.17. The first-order valence-corrected chi connectivity index (χ1v) is 9.13. The number of nitrogens with zero attached hydrogens (tertiary/aromatic N) is 7. The first-order chi connectivity index (χ1) is 12.6. The van der Waals surface area contributed by atoms with Gasteiger partial charge in [0.25, 0.3) is 5.95 Å². The molecule has 0 bridgehead atoms. The summed E-state index contributed by atoms with van der Waals surface area (Å²) in [5.41, 5.74) is 2.57. The van der Waals surface area contributed by atoms with Crippen molar-refractivity contribution in [3.63, 3.8) is 0 Å². The van der Waals surface area contributed by atoms with E-state index in [0.717, 1.165) is 43.5 Å². The zero-order valence-electron chi connectivity index (χ0n) is 15.9. The molecule has 1 aliphatic heterocycles. The summed E-state index contributed by atoms with van der Waals surface area (Å²) in [6, 6.07) is 2.36. The molecular formula is C18H25N7O. The summed E-state index contributed by atoms with van der Waals surface area (Å²) in [6.45, 7) is 5.65. The molecule has 2 aromatic heterocycles. The molecule has 26 heavy (non-hydrogen) atoms. The Bertz CT molecular complexity index is 808. The molecule has 8 heteroatoms.